The predicted octanol–water partition coefficient (Wildman–Crippen LogP) is 4.61. The topological polar surface area (TPSA) is 103 Å². The maximum Gasteiger partial charge on any atom is 0.227 e. The highest BCUT2D eigenvalue weighted by Crippen LogP contribution is 2.39. The summed E-state index contributed by atoms with van der Waals surface area (Å²) in [6.45, 7) is 6.37. The zero-order valence-corrected chi connectivity index (χ0v) is 21.5. The van der Waals surface area contributed by atoms with Gasteiger partial charge in [0.1, 0.15) is 18.1 Å². The molecule has 0 aliphatic carbocycles. The van der Waals surface area contributed by atoms with Gasteiger partial charge in [-0.1, -0.05) is 24.3 Å². The minimum Gasteiger partial charge on any atom is -0.492 e. The fourth-order valence-corrected chi connectivity index (χ4v) is 5.93. The van der Waals surface area contributed by atoms with Crippen molar-refractivity contribution in [1.82, 2.24) is 20.1 Å². The Labute approximate surface area is 214 Å². The van der Waals surface area contributed by atoms with Crippen LogP contribution in [-0.4, -0.2) is 71.1 Å². The Morgan fingerprint density at radius 2 is 1.86 bits per heavy atom. The molecule has 0 spiro atoms. The summed E-state index contributed by atoms with van der Waals surface area (Å²) in [5.41, 5.74) is 5.20. The van der Waals surface area contributed by atoms with Crippen molar-refractivity contribution in [3.8, 4) is 28.3 Å². The molecule has 0 bridgehead atoms. The molecule has 1 aliphatic heterocycles. The van der Waals surface area contributed by atoms with Crippen molar-refractivity contribution in [2.24, 2.45) is 0 Å². The van der Waals surface area contributed by atoms with Crippen LogP contribution in [0.1, 0.15) is 0 Å². The Morgan fingerprint density at radius 3 is 2.70 bits per heavy atom. The van der Waals surface area contributed by atoms with E-state index in [1.165, 1.54) is 6.66 Å². The van der Waals surface area contributed by atoms with Gasteiger partial charge in [0, 0.05) is 47.9 Å². The number of hydrogen-bond acceptors (Lipinski definition) is 5. The van der Waals surface area contributed by atoms with Gasteiger partial charge in [-0.2, -0.15) is 5.10 Å². The first-order chi connectivity index (χ1) is 18.0. The molecular formula is C28H29N4O4P. The molecule has 3 aromatic carbocycles. The van der Waals surface area contributed by atoms with E-state index in [2.05, 4.69) is 26.1 Å². The first kappa shape index (κ1) is 23.9. The third-order valence-electron chi connectivity index (χ3n) is 6.85. The van der Waals surface area contributed by atoms with Gasteiger partial charge in [-0.25, -0.2) is 0 Å². The summed E-state index contributed by atoms with van der Waals surface area (Å²) >= 11 is 0. The van der Waals surface area contributed by atoms with Crippen LogP contribution in [-0.2, 0) is 9.30 Å². The van der Waals surface area contributed by atoms with Gasteiger partial charge >= 0.3 is 0 Å². The van der Waals surface area contributed by atoms with Gasteiger partial charge in [0.15, 0.2) is 0 Å². The van der Waals surface area contributed by atoms with E-state index in [1.807, 2.05) is 48.5 Å². The van der Waals surface area contributed by atoms with Gasteiger partial charge in [0.2, 0.25) is 7.37 Å². The van der Waals surface area contributed by atoms with E-state index in [1.54, 1.807) is 12.1 Å². The van der Waals surface area contributed by atoms with E-state index in [4.69, 9.17) is 9.47 Å². The number of rotatable bonds is 7. The molecule has 1 unspecified atom stereocenters. The second-order valence-electron chi connectivity index (χ2n) is 9.46. The lowest BCUT2D eigenvalue weighted by Crippen LogP contribution is -2.38. The van der Waals surface area contributed by atoms with Crippen LogP contribution in [0.5, 0.6) is 5.75 Å². The second-order valence-corrected chi connectivity index (χ2v) is 11.7. The largest absolute Gasteiger partial charge is 0.492 e. The number of hydrogen-bond donors (Lipinski definition) is 3. The molecule has 6 rings (SSSR count). The average Bonchev–Trinajstić information content (AvgIpc) is 3.52. The minimum atomic E-state index is -3.43. The quantitative estimate of drug-likeness (QED) is 0.273. The Kier molecular flexibility index (Phi) is 6.34. The lowest BCUT2D eigenvalue weighted by Gasteiger charge is -2.26. The van der Waals surface area contributed by atoms with Gasteiger partial charge < -0.3 is 19.4 Å². The molecule has 37 heavy (non-hydrogen) atoms. The van der Waals surface area contributed by atoms with Crippen LogP contribution < -0.4 is 10.0 Å². The van der Waals surface area contributed by atoms with Gasteiger partial charge in [-0.15, -0.1) is 0 Å². The second kappa shape index (κ2) is 9.80. The lowest BCUT2D eigenvalue weighted by atomic mass is 10.0. The summed E-state index contributed by atoms with van der Waals surface area (Å²) in [5.74, 6) is 0.838. The summed E-state index contributed by atoms with van der Waals surface area (Å²) in [5, 5.41) is 10.1. The van der Waals surface area contributed by atoms with Crippen molar-refractivity contribution in [3.63, 3.8) is 0 Å². The van der Waals surface area contributed by atoms with Crippen LogP contribution in [0.15, 0.2) is 66.7 Å². The van der Waals surface area contributed by atoms with Crippen molar-refractivity contribution in [2.75, 3.05) is 46.1 Å². The maximum absolute atomic E-state index is 12.5. The summed E-state index contributed by atoms with van der Waals surface area (Å²) in [4.78, 5) is 16.1. The van der Waals surface area contributed by atoms with Gasteiger partial charge in [0.25, 0.3) is 0 Å². The number of morpholine rings is 1. The van der Waals surface area contributed by atoms with Crippen LogP contribution in [0.2, 0.25) is 0 Å². The molecule has 0 amide bonds. The number of H-pyrrole nitrogens is 2. The third kappa shape index (κ3) is 4.93. The molecule has 5 aromatic rings. The van der Waals surface area contributed by atoms with Crippen LogP contribution in [0.3, 0.4) is 0 Å². The average molecular weight is 517 g/mol. The summed E-state index contributed by atoms with van der Waals surface area (Å²) < 4.78 is 23.9. The zero-order valence-electron chi connectivity index (χ0n) is 20.6. The first-order valence-electron chi connectivity index (χ1n) is 12.4. The number of nitrogens with zero attached hydrogens (tertiary/aromatic N) is 2. The Morgan fingerprint density at radius 1 is 1.05 bits per heavy atom. The van der Waals surface area contributed by atoms with E-state index in [-0.39, 0.29) is 0 Å². The molecule has 190 valence electrons. The van der Waals surface area contributed by atoms with E-state index >= 15 is 0 Å². The van der Waals surface area contributed by atoms with Crippen LogP contribution in [0, 0.1) is 0 Å². The summed E-state index contributed by atoms with van der Waals surface area (Å²) in [6.07, 6.45) is 0. The van der Waals surface area contributed by atoms with Crippen LogP contribution in [0.25, 0.3) is 44.3 Å². The minimum absolute atomic E-state index is 0.450. The van der Waals surface area contributed by atoms with Gasteiger partial charge in [-0.3, -0.25) is 14.6 Å². The Hall–Kier alpha value is -3.42. The molecule has 9 heteroatoms. The number of nitrogens with one attached hydrogen (secondary N) is 2. The van der Waals surface area contributed by atoms with Crippen molar-refractivity contribution in [3.05, 3.63) is 66.7 Å². The number of fused-ring (bicyclic) bond motifs is 2. The molecule has 3 N–H and O–H groups in total. The monoisotopic (exact) mass is 516 g/mol. The number of aromatic nitrogens is 3. The fourth-order valence-electron chi connectivity index (χ4n) is 4.91. The molecule has 8 nitrogen and oxygen atoms in total. The summed E-state index contributed by atoms with van der Waals surface area (Å²) in [7, 11) is -3.43. The molecule has 2 aromatic heterocycles. The number of aromatic amines is 2. The van der Waals surface area contributed by atoms with E-state index in [9.17, 15) is 9.46 Å². The Bertz CT molecular complexity index is 1610. The standard InChI is InChI=1S/C28H29N4O4P/c1-37(33,34)27-5-3-2-4-22(27)19-6-8-25-23(17-19)28(31-30-25)26-18-20-16-21(7-9-24(20)29-26)36-15-12-32-10-13-35-14-11-32/h2-9,16-18,29H,10-15H2,1H3,(H,30,31)(H,33,34). The van der Waals surface area contributed by atoms with E-state index in [0.717, 1.165) is 82.9 Å². The highest BCUT2D eigenvalue weighted by Gasteiger charge is 2.20. The Balaban J connectivity index is 1.28. The first-order valence-corrected chi connectivity index (χ1v) is 14.5. The van der Waals surface area contributed by atoms with Gasteiger partial charge in [0.05, 0.1) is 24.4 Å². The van der Waals surface area contributed by atoms with Crippen molar-refractivity contribution in [1.29, 1.82) is 0 Å². The summed E-state index contributed by atoms with van der Waals surface area (Å²) in [6, 6.07) is 21.3. The van der Waals surface area contributed by atoms with Crippen molar-refractivity contribution in [2.45, 2.75) is 0 Å². The van der Waals surface area contributed by atoms with Crippen molar-refractivity contribution < 1.29 is 18.9 Å². The molecule has 1 aliphatic rings. The highest BCUT2D eigenvalue weighted by atomic mass is 31.2. The highest BCUT2D eigenvalue weighted by molar-refractivity contribution is 7.65. The molecule has 1 fully saturated rings. The fraction of sp³-hybridized carbons (Fsp3) is 0.250. The zero-order chi connectivity index (χ0) is 25.4. The molecular weight excluding hydrogens is 487 g/mol. The smallest absolute Gasteiger partial charge is 0.227 e. The lowest BCUT2D eigenvalue weighted by molar-refractivity contribution is 0.0322. The number of ether oxygens (including phenoxy) is 2. The van der Waals surface area contributed by atoms with Crippen LogP contribution >= 0.6 is 7.37 Å². The molecule has 0 radical (unpaired) electrons. The SMILES string of the molecule is CP(=O)(O)c1ccccc1-c1ccc2[nH]nc(-c3cc4cc(OCCN5CCOCC5)ccc4[nH]3)c2c1. The van der Waals surface area contributed by atoms with Gasteiger partial charge in [-0.05, 0) is 53.6 Å². The molecule has 1 atom stereocenters. The van der Waals surface area contributed by atoms with E-state index < -0.39 is 7.37 Å². The molecule has 0 saturated carbocycles. The third-order valence-corrected chi connectivity index (χ3v) is 8.14. The predicted molar refractivity (Wildman–Crippen MR) is 147 cm³/mol. The maximum atomic E-state index is 12.5. The normalized spacial score (nSPS) is 16.3. The number of benzene rings is 3. The molecule has 3 heterocycles. The van der Waals surface area contributed by atoms with Crippen molar-refractivity contribution >= 4 is 34.5 Å². The van der Waals surface area contributed by atoms with E-state index in [0.29, 0.717) is 11.9 Å². The van der Waals surface area contributed by atoms with Crippen LogP contribution in [0.4, 0.5) is 0 Å². The molecule has 1 saturated heterocycles.